The number of rotatable bonds is 17. The number of fused-ring (bicyclic) bond motifs is 1. The van der Waals surface area contributed by atoms with Crippen LogP contribution in [0.15, 0.2) is 66.7 Å². The largest absolute Gasteiger partial charge is 0.483 e. The van der Waals surface area contributed by atoms with Gasteiger partial charge in [0, 0.05) is 58.4 Å². The van der Waals surface area contributed by atoms with Crippen molar-refractivity contribution < 1.29 is 33.3 Å². The van der Waals surface area contributed by atoms with Crippen molar-refractivity contribution in [3.05, 3.63) is 83.4 Å². The smallest absolute Gasteiger partial charge is 0.426 e. The van der Waals surface area contributed by atoms with Gasteiger partial charge in [0.15, 0.2) is 11.5 Å². The Bertz CT molecular complexity index is 1680. The predicted octanol–water partition coefficient (Wildman–Crippen LogP) is 11.9. The van der Waals surface area contributed by atoms with E-state index in [1.54, 1.807) is 43.6 Å². The van der Waals surface area contributed by atoms with Crippen LogP contribution in [0.4, 0.5) is 14.4 Å². The van der Waals surface area contributed by atoms with Gasteiger partial charge in [-0.05, 0) is 99.2 Å². The second-order valence-corrected chi connectivity index (χ2v) is 16.2. The van der Waals surface area contributed by atoms with Gasteiger partial charge < -0.3 is 29.6 Å². The molecule has 3 aromatic rings. The molecular weight excluding hydrogens is 753 g/mol. The summed E-state index contributed by atoms with van der Waals surface area (Å²) in [6.07, 6.45) is 8.59. The zero-order valence-corrected chi connectivity index (χ0v) is 37.8. The van der Waals surface area contributed by atoms with Crippen LogP contribution in [-0.2, 0) is 6.42 Å². The number of hydrogen-bond acceptors (Lipinski definition) is 9. The zero-order chi connectivity index (χ0) is 43.1. The molecule has 0 aromatic heterocycles. The molecule has 3 amide bonds. The Kier molecular flexibility index (Phi) is 22.8. The second-order valence-electron chi connectivity index (χ2n) is 15.0. The lowest BCUT2D eigenvalue weighted by molar-refractivity contribution is 0.131. The summed E-state index contributed by atoms with van der Waals surface area (Å²) in [4.78, 5) is 34.7. The number of unbranched alkanes of at least 4 members (excludes halogenated alkanes) is 2. The fourth-order valence-electron chi connectivity index (χ4n) is 6.29. The first-order valence-corrected chi connectivity index (χ1v) is 21.7. The van der Waals surface area contributed by atoms with E-state index >= 15 is 0 Å². The van der Waals surface area contributed by atoms with Gasteiger partial charge in [0.25, 0.3) is 0 Å². The fraction of sp³-hybridized carbons (Fsp3) is 0.543. The minimum absolute atomic E-state index is 0.261. The van der Waals surface area contributed by atoms with E-state index in [4.69, 9.17) is 18.9 Å². The van der Waals surface area contributed by atoms with Gasteiger partial charge in [-0.1, -0.05) is 97.2 Å². The van der Waals surface area contributed by atoms with Crippen LogP contribution < -0.4 is 29.6 Å². The van der Waals surface area contributed by atoms with Gasteiger partial charge in [0.1, 0.15) is 17.1 Å². The van der Waals surface area contributed by atoms with E-state index in [0.29, 0.717) is 34.8 Å². The Morgan fingerprint density at radius 1 is 0.776 bits per heavy atom. The van der Waals surface area contributed by atoms with E-state index in [2.05, 4.69) is 68.6 Å². The van der Waals surface area contributed by atoms with Crippen molar-refractivity contribution in [2.24, 2.45) is 0 Å². The average molecular weight is 823 g/mol. The monoisotopic (exact) mass is 822 g/mol. The number of benzene rings is 3. The zero-order valence-electron chi connectivity index (χ0n) is 36.9. The second kappa shape index (κ2) is 26.6. The molecule has 0 aliphatic carbocycles. The highest BCUT2D eigenvalue weighted by molar-refractivity contribution is 7.95. The standard InChI is InChI=1S/C20H32N2O3S.2C13H19NO2/c1-6-8-13-22(14-9-7-2)26-21(5)19(23)24-17-12-10-11-16-15-20(3,4)25-18(16)17;1-4-6-10(2)11-7-5-8-12(9-11)16-13(15)14-3;1-4-10(5-2)11-7-6-8-12(9-11)16-13(15)14-3/h10-12H,6-9,13-15H2,1-5H3;5,7-10H,4,6H2,1-3H3,(H,14,15);6-10H,4-5H2,1-3H3,(H,14,15). The maximum absolute atomic E-state index is 12.6. The molecule has 0 saturated heterocycles. The van der Waals surface area contributed by atoms with E-state index in [1.807, 2.05) is 50.2 Å². The molecule has 0 spiro atoms. The molecule has 1 aliphatic heterocycles. The number of hydrogen-bond donors (Lipinski definition) is 2. The Labute approximate surface area is 353 Å². The van der Waals surface area contributed by atoms with Gasteiger partial charge in [-0.15, -0.1) is 0 Å². The van der Waals surface area contributed by atoms with Crippen LogP contribution in [0.2, 0.25) is 0 Å². The summed E-state index contributed by atoms with van der Waals surface area (Å²) in [5.41, 5.74) is 3.26. The van der Waals surface area contributed by atoms with Gasteiger partial charge in [-0.3, -0.25) is 0 Å². The van der Waals surface area contributed by atoms with E-state index < -0.39 is 12.2 Å². The Morgan fingerprint density at radius 2 is 1.31 bits per heavy atom. The van der Waals surface area contributed by atoms with Gasteiger partial charge >= 0.3 is 18.3 Å². The lowest BCUT2D eigenvalue weighted by Gasteiger charge is -2.25. The number of ether oxygens (including phenoxy) is 4. The molecule has 1 atom stereocenters. The third-order valence-corrected chi connectivity index (χ3v) is 10.6. The molecule has 0 radical (unpaired) electrons. The first kappa shape index (κ1) is 49.7. The molecule has 1 aliphatic rings. The minimum atomic E-state index is -0.430. The summed E-state index contributed by atoms with van der Waals surface area (Å²) in [6, 6.07) is 21.2. The van der Waals surface area contributed by atoms with Gasteiger partial charge in [0.2, 0.25) is 0 Å². The lowest BCUT2D eigenvalue weighted by Crippen LogP contribution is -2.30. The van der Waals surface area contributed by atoms with Crippen LogP contribution in [0.25, 0.3) is 0 Å². The van der Waals surface area contributed by atoms with Gasteiger partial charge in [-0.25, -0.2) is 23.0 Å². The molecule has 12 heteroatoms. The highest BCUT2D eigenvalue weighted by atomic mass is 32.2. The average Bonchev–Trinajstić information content (AvgIpc) is 3.54. The van der Waals surface area contributed by atoms with E-state index in [1.165, 1.54) is 23.3 Å². The third-order valence-electron chi connectivity index (χ3n) is 9.56. The van der Waals surface area contributed by atoms with Gasteiger partial charge in [-0.2, -0.15) is 0 Å². The molecule has 3 aromatic carbocycles. The normalized spacial score (nSPS) is 12.8. The molecule has 2 N–H and O–H groups in total. The SMILES string of the molecule is CCC(CC)c1cccc(OC(=O)NC)c1.CCCC(C)c1cccc(OC(=O)NC)c1.CCCCN(CCCC)SN(C)C(=O)Oc1cccc2c1OC(C)(C)C2. The van der Waals surface area contributed by atoms with Crippen molar-refractivity contribution in [3.63, 3.8) is 0 Å². The van der Waals surface area contributed by atoms with Crippen LogP contribution >= 0.6 is 12.1 Å². The maximum atomic E-state index is 12.6. The van der Waals surface area contributed by atoms with Crippen molar-refractivity contribution in [1.29, 1.82) is 0 Å². The molecular formula is C46H70N4O7S. The maximum Gasteiger partial charge on any atom is 0.426 e. The van der Waals surface area contributed by atoms with Gasteiger partial charge in [0.05, 0.1) is 0 Å². The van der Waals surface area contributed by atoms with E-state index in [-0.39, 0.29) is 11.7 Å². The van der Waals surface area contributed by atoms with E-state index in [0.717, 1.165) is 76.4 Å². The summed E-state index contributed by atoms with van der Waals surface area (Å²) in [5.74, 6) is 3.42. The highest BCUT2D eigenvalue weighted by Crippen LogP contribution is 2.42. The van der Waals surface area contributed by atoms with Crippen molar-refractivity contribution in [2.75, 3.05) is 34.2 Å². The minimum Gasteiger partial charge on any atom is -0.483 e. The number of carbonyl (C=O) groups is 3. The van der Waals surface area contributed by atoms with Crippen molar-refractivity contribution in [3.8, 4) is 23.0 Å². The predicted molar refractivity (Wildman–Crippen MR) is 237 cm³/mol. The first-order chi connectivity index (χ1) is 27.7. The number of nitrogens with one attached hydrogen (secondary N) is 2. The molecule has 0 saturated carbocycles. The first-order valence-electron chi connectivity index (χ1n) is 20.9. The van der Waals surface area contributed by atoms with Crippen LogP contribution in [0.3, 0.4) is 0 Å². The molecule has 322 valence electrons. The molecule has 1 unspecified atom stereocenters. The molecule has 0 bridgehead atoms. The molecule has 11 nitrogen and oxygen atoms in total. The number of amides is 3. The fourth-order valence-corrected chi connectivity index (χ4v) is 7.16. The Morgan fingerprint density at radius 3 is 1.83 bits per heavy atom. The molecule has 58 heavy (non-hydrogen) atoms. The Hall–Kier alpha value is -4.42. The number of para-hydroxylation sites is 1. The summed E-state index contributed by atoms with van der Waals surface area (Å²) >= 11 is 1.44. The van der Waals surface area contributed by atoms with Crippen LogP contribution in [0.1, 0.15) is 135 Å². The number of nitrogens with zero attached hydrogens (tertiary/aromatic N) is 2. The van der Waals surface area contributed by atoms with E-state index in [9.17, 15) is 14.4 Å². The quantitative estimate of drug-likeness (QED) is 0.128. The lowest BCUT2D eigenvalue weighted by atomic mass is 9.94. The number of carbonyl (C=O) groups excluding carboxylic acids is 3. The van der Waals surface area contributed by atoms with Crippen molar-refractivity contribution in [2.45, 2.75) is 131 Å². The van der Waals surface area contributed by atoms with Crippen LogP contribution in [-0.4, -0.2) is 66.7 Å². The van der Waals surface area contributed by atoms with Crippen molar-refractivity contribution >= 4 is 30.4 Å². The molecule has 4 rings (SSSR count). The topological polar surface area (TPSA) is 119 Å². The summed E-state index contributed by atoms with van der Waals surface area (Å²) in [5, 5.41) is 4.86. The third kappa shape index (κ3) is 17.6. The molecule has 1 heterocycles. The van der Waals surface area contributed by atoms with Crippen LogP contribution in [0.5, 0.6) is 23.0 Å². The highest BCUT2D eigenvalue weighted by Gasteiger charge is 2.33. The summed E-state index contributed by atoms with van der Waals surface area (Å²) in [7, 11) is 4.85. The van der Waals surface area contributed by atoms with Crippen molar-refractivity contribution in [1.82, 2.24) is 19.2 Å². The Balaban J connectivity index is 0.000000316. The summed E-state index contributed by atoms with van der Waals surface area (Å²) in [6.45, 7) is 19.1. The van der Waals surface area contributed by atoms with Crippen LogP contribution in [0, 0.1) is 0 Å². The molecule has 0 fully saturated rings. The summed E-state index contributed by atoms with van der Waals surface area (Å²) < 4.78 is 25.6.